The molecule has 1 aromatic heterocycles. The lowest BCUT2D eigenvalue weighted by Crippen LogP contribution is -2.10. The van der Waals surface area contributed by atoms with E-state index in [9.17, 15) is 0 Å². The van der Waals surface area contributed by atoms with Crippen LogP contribution in [0.5, 0.6) is 0 Å². The second-order valence-electron chi connectivity index (χ2n) is 3.64. The van der Waals surface area contributed by atoms with E-state index in [1.807, 2.05) is 25.0 Å². The number of imidazole rings is 1. The Bertz CT molecular complexity index is 476. The van der Waals surface area contributed by atoms with Crippen LogP contribution in [-0.2, 0) is 13.5 Å². The summed E-state index contributed by atoms with van der Waals surface area (Å²) >= 11 is 3.60. The van der Waals surface area contributed by atoms with Gasteiger partial charge in [0.05, 0.1) is 17.4 Å². The number of nitrogens with one attached hydrogen (secondary N) is 1. The Hall–Kier alpha value is -0.870. The second kappa shape index (κ2) is 4.33. The van der Waals surface area contributed by atoms with E-state index in [2.05, 4.69) is 38.4 Å². The third-order valence-corrected chi connectivity index (χ3v) is 3.28. The first-order valence-electron chi connectivity index (χ1n) is 4.96. The van der Waals surface area contributed by atoms with Gasteiger partial charge in [-0.2, -0.15) is 0 Å². The second-order valence-corrected chi connectivity index (χ2v) is 4.50. The standard InChI is InChI=1S/C11H14BrN3/c1-13-4-3-8-5-10-11(6-9(8)12)15(2)7-14-10/h5-7,13H,3-4H2,1-2H3. The summed E-state index contributed by atoms with van der Waals surface area (Å²) in [5, 5.41) is 3.15. The molecule has 0 radical (unpaired) electrons. The third-order valence-electron chi connectivity index (χ3n) is 2.54. The van der Waals surface area contributed by atoms with Gasteiger partial charge >= 0.3 is 0 Å². The molecule has 4 heteroatoms. The van der Waals surface area contributed by atoms with Crippen molar-refractivity contribution in [1.29, 1.82) is 0 Å². The van der Waals surface area contributed by atoms with E-state index in [4.69, 9.17) is 0 Å². The molecule has 2 aromatic rings. The average Bonchev–Trinajstić information content (AvgIpc) is 2.57. The molecule has 0 spiro atoms. The van der Waals surface area contributed by atoms with Crippen LogP contribution >= 0.6 is 15.9 Å². The van der Waals surface area contributed by atoms with E-state index < -0.39 is 0 Å². The average molecular weight is 268 g/mol. The van der Waals surface area contributed by atoms with Crippen molar-refractivity contribution >= 4 is 27.0 Å². The molecule has 0 aliphatic rings. The van der Waals surface area contributed by atoms with Crippen molar-refractivity contribution in [2.75, 3.05) is 13.6 Å². The quantitative estimate of drug-likeness (QED) is 0.923. The molecule has 0 saturated carbocycles. The predicted molar refractivity (Wildman–Crippen MR) is 66.0 cm³/mol. The smallest absolute Gasteiger partial charge is 0.0955 e. The van der Waals surface area contributed by atoms with Gasteiger partial charge in [0.15, 0.2) is 0 Å². The summed E-state index contributed by atoms with van der Waals surface area (Å²) in [4.78, 5) is 4.35. The predicted octanol–water partition coefficient (Wildman–Crippen LogP) is 2.10. The maximum atomic E-state index is 4.35. The number of fused-ring (bicyclic) bond motifs is 1. The Morgan fingerprint density at radius 3 is 3.00 bits per heavy atom. The Morgan fingerprint density at radius 2 is 2.27 bits per heavy atom. The van der Waals surface area contributed by atoms with Crippen molar-refractivity contribution in [2.24, 2.45) is 7.05 Å². The number of rotatable bonds is 3. The summed E-state index contributed by atoms with van der Waals surface area (Å²) in [6, 6.07) is 4.28. The molecule has 0 saturated heterocycles. The lowest BCUT2D eigenvalue weighted by Gasteiger charge is -2.04. The molecule has 0 unspecified atom stereocenters. The van der Waals surface area contributed by atoms with Crippen LogP contribution in [0.3, 0.4) is 0 Å². The maximum Gasteiger partial charge on any atom is 0.0955 e. The molecule has 0 aliphatic heterocycles. The number of hydrogen-bond acceptors (Lipinski definition) is 2. The first-order chi connectivity index (χ1) is 7.22. The largest absolute Gasteiger partial charge is 0.334 e. The normalized spacial score (nSPS) is 11.1. The van der Waals surface area contributed by atoms with Crippen LogP contribution in [-0.4, -0.2) is 23.1 Å². The molecule has 0 fully saturated rings. The van der Waals surface area contributed by atoms with Gasteiger partial charge in [-0.05, 0) is 37.7 Å². The monoisotopic (exact) mass is 267 g/mol. The van der Waals surface area contributed by atoms with Gasteiger partial charge in [0.1, 0.15) is 0 Å². The van der Waals surface area contributed by atoms with E-state index in [0.717, 1.165) is 28.5 Å². The van der Waals surface area contributed by atoms with Crippen molar-refractivity contribution in [1.82, 2.24) is 14.9 Å². The van der Waals surface area contributed by atoms with Gasteiger partial charge in [0.25, 0.3) is 0 Å². The number of hydrogen-bond donors (Lipinski definition) is 1. The number of likely N-dealkylation sites (N-methyl/N-ethyl adjacent to an activating group) is 1. The van der Waals surface area contributed by atoms with Gasteiger partial charge in [-0.15, -0.1) is 0 Å². The number of benzene rings is 1. The van der Waals surface area contributed by atoms with Crippen molar-refractivity contribution in [2.45, 2.75) is 6.42 Å². The van der Waals surface area contributed by atoms with Crippen LogP contribution < -0.4 is 5.32 Å². The molecule has 0 bridgehead atoms. The van der Waals surface area contributed by atoms with E-state index in [-0.39, 0.29) is 0 Å². The number of nitrogens with zero attached hydrogens (tertiary/aromatic N) is 2. The highest BCUT2D eigenvalue weighted by atomic mass is 79.9. The number of aromatic nitrogens is 2. The van der Waals surface area contributed by atoms with Crippen LogP contribution in [0.15, 0.2) is 22.9 Å². The van der Waals surface area contributed by atoms with Crippen LogP contribution in [0, 0.1) is 0 Å². The Labute approximate surface area is 97.6 Å². The van der Waals surface area contributed by atoms with Crippen LogP contribution in [0.1, 0.15) is 5.56 Å². The number of aryl methyl sites for hydroxylation is 1. The molecular weight excluding hydrogens is 254 g/mol. The molecule has 2 rings (SSSR count). The van der Waals surface area contributed by atoms with E-state index in [1.165, 1.54) is 5.56 Å². The molecular formula is C11H14BrN3. The minimum Gasteiger partial charge on any atom is -0.334 e. The van der Waals surface area contributed by atoms with Crippen LogP contribution in [0.2, 0.25) is 0 Å². The van der Waals surface area contributed by atoms with Crippen LogP contribution in [0.4, 0.5) is 0 Å². The molecule has 0 atom stereocenters. The summed E-state index contributed by atoms with van der Waals surface area (Å²) in [6.07, 6.45) is 2.86. The van der Waals surface area contributed by atoms with E-state index in [0.29, 0.717) is 0 Å². The zero-order chi connectivity index (χ0) is 10.8. The summed E-state index contributed by atoms with van der Waals surface area (Å²) in [6.45, 7) is 0.983. The van der Waals surface area contributed by atoms with E-state index >= 15 is 0 Å². The van der Waals surface area contributed by atoms with Gasteiger partial charge in [-0.1, -0.05) is 15.9 Å². The lowest BCUT2D eigenvalue weighted by molar-refractivity contribution is 0.790. The zero-order valence-corrected chi connectivity index (χ0v) is 10.5. The fourth-order valence-electron chi connectivity index (χ4n) is 1.64. The molecule has 1 N–H and O–H groups in total. The first-order valence-corrected chi connectivity index (χ1v) is 5.75. The fourth-order valence-corrected chi connectivity index (χ4v) is 2.17. The number of halogens is 1. The van der Waals surface area contributed by atoms with Crippen molar-refractivity contribution < 1.29 is 0 Å². The minimum atomic E-state index is 0.983. The summed E-state index contributed by atoms with van der Waals surface area (Å²) < 4.78 is 3.19. The van der Waals surface area contributed by atoms with Crippen molar-refractivity contribution in [3.8, 4) is 0 Å². The molecule has 15 heavy (non-hydrogen) atoms. The molecule has 80 valence electrons. The van der Waals surface area contributed by atoms with Crippen molar-refractivity contribution in [3.63, 3.8) is 0 Å². The Morgan fingerprint density at radius 1 is 1.47 bits per heavy atom. The van der Waals surface area contributed by atoms with Gasteiger partial charge in [0, 0.05) is 11.5 Å². The summed E-state index contributed by atoms with van der Waals surface area (Å²) in [5.74, 6) is 0. The molecule has 3 nitrogen and oxygen atoms in total. The van der Waals surface area contributed by atoms with E-state index in [1.54, 1.807) is 0 Å². The van der Waals surface area contributed by atoms with Gasteiger partial charge in [0.2, 0.25) is 0 Å². The van der Waals surface area contributed by atoms with Crippen molar-refractivity contribution in [3.05, 3.63) is 28.5 Å². The fraction of sp³-hybridized carbons (Fsp3) is 0.364. The first kappa shape index (κ1) is 10.6. The summed E-state index contributed by atoms with van der Waals surface area (Å²) in [5.41, 5.74) is 3.53. The Balaban J connectivity index is 2.44. The maximum absolute atomic E-state index is 4.35. The molecule has 1 aromatic carbocycles. The molecule has 0 amide bonds. The highest BCUT2D eigenvalue weighted by Crippen LogP contribution is 2.23. The topological polar surface area (TPSA) is 29.9 Å². The Kier molecular flexibility index (Phi) is 3.07. The third kappa shape index (κ3) is 2.06. The van der Waals surface area contributed by atoms with Gasteiger partial charge < -0.3 is 9.88 Å². The summed E-state index contributed by atoms with van der Waals surface area (Å²) in [7, 11) is 3.97. The SMILES string of the molecule is CNCCc1cc2ncn(C)c2cc1Br. The van der Waals surface area contributed by atoms with Crippen LogP contribution in [0.25, 0.3) is 11.0 Å². The lowest BCUT2D eigenvalue weighted by atomic mass is 10.1. The highest BCUT2D eigenvalue weighted by molar-refractivity contribution is 9.10. The highest BCUT2D eigenvalue weighted by Gasteiger charge is 2.05. The van der Waals surface area contributed by atoms with Gasteiger partial charge in [-0.3, -0.25) is 0 Å². The van der Waals surface area contributed by atoms with Gasteiger partial charge in [-0.25, -0.2) is 4.98 Å². The molecule has 0 aliphatic carbocycles. The zero-order valence-electron chi connectivity index (χ0n) is 8.92. The molecule has 1 heterocycles. The minimum absolute atomic E-state index is 0.983.